The Balaban J connectivity index is 3.79. The Morgan fingerprint density at radius 2 is 1.77 bits per heavy atom. The van der Waals surface area contributed by atoms with Gasteiger partial charge in [0.2, 0.25) is 0 Å². The first-order chi connectivity index (χ1) is 11.1. The monoisotopic (exact) mass is 309 g/mol. The van der Waals surface area contributed by atoms with Crippen molar-refractivity contribution in [2.45, 2.75) is 70.8 Å². The Morgan fingerprint density at radius 1 is 1.09 bits per heavy atom. The van der Waals surface area contributed by atoms with E-state index in [0.717, 1.165) is 32.1 Å². The smallest absolute Gasteiger partial charge is 0.305 e. The van der Waals surface area contributed by atoms with Gasteiger partial charge < -0.3 is 9.84 Å². The predicted octanol–water partition coefficient (Wildman–Crippen LogP) is 4.72. The molecule has 0 spiro atoms. The first kappa shape index (κ1) is 18.7. The van der Waals surface area contributed by atoms with Crippen molar-refractivity contribution >= 4 is 5.97 Å². The molecule has 0 radical (unpaired) electrons. The highest BCUT2D eigenvalue weighted by atomic mass is 16.5. The van der Waals surface area contributed by atoms with Gasteiger partial charge in [0.15, 0.2) is 0 Å². The second-order valence-electron chi connectivity index (χ2n) is 5.24. The standard InChI is InChI=1S/C19H32O3/c1-3-4-5-9-12-15-18(20)16-13-10-7-6-8-11-14-17-19(21)22-2/h6-7,12-13,15-16,18,20H,3-5,8-11,14,17H2,1-2H3/b7-6-,15-12-,16-13-/t18-/m1/s1/i10D/t10-,18+/m0. The van der Waals surface area contributed by atoms with E-state index >= 15 is 0 Å². The van der Waals surface area contributed by atoms with Crippen LogP contribution in [0.3, 0.4) is 0 Å². The maximum atomic E-state index is 10.9. The zero-order chi connectivity index (χ0) is 17.3. The lowest BCUT2D eigenvalue weighted by atomic mass is 10.1. The van der Waals surface area contributed by atoms with Crippen molar-refractivity contribution in [3.8, 4) is 0 Å². The van der Waals surface area contributed by atoms with Gasteiger partial charge >= 0.3 is 5.97 Å². The Bertz CT molecular complexity index is 375. The van der Waals surface area contributed by atoms with E-state index in [1.54, 1.807) is 24.3 Å². The normalized spacial score (nSPS) is 15.5. The van der Waals surface area contributed by atoms with Crippen molar-refractivity contribution in [2.75, 3.05) is 7.11 Å². The number of carbonyl (C=O) groups is 1. The van der Waals surface area contributed by atoms with E-state index in [2.05, 4.69) is 11.7 Å². The number of carbonyl (C=O) groups excluding carboxylic acids is 1. The summed E-state index contributed by atoms with van der Waals surface area (Å²) in [5.74, 6) is -0.174. The highest BCUT2D eigenvalue weighted by molar-refractivity contribution is 5.68. The highest BCUT2D eigenvalue weighted by Crippen LogP contribution is 2.03. The lowest BCUT2D eigenvalue weighted by Gasteiger charge is -1.98. The third-order valence-corrected chi connectivity index (χ3v) is 3.20. The Morgan fingerprint density at radius 3 is 2.50 bits per heavy atom. The average Bonchev–Trinajstić information content (AvgIpc) is 2.55. The number of esters is 1. The van der Waals surface area contributed by atoms with E-state index in [1.165, 1.54) is 20.0 Å². The van der Waals surface area contributed by atoms with Gasteiger partial charge in [0.05, 0.1) is 13.2 Å². The van der Waals surface area contributed by atoms with Crippen LogP contribution in [0.1, 0.15) is 66.1 Å². The van der Waals surface area contributed by atoms with Crippen LogP contribution in [0.5, 0.6) is 0 Å². The van der Waals surface area contributed by atoms with Crippen LogP contribution in [-0.4, -0.2) is 24.3 Å². The average molecular weight is 309 g/mol. The number of ether oxygens (including phenoxy) is 1. The van der Waals surface area contributed by atoms with Crippen LogP contribution in [0.25, 0.3) is 0 Å². The van der Waals surface area contributed by atoms with Crippen molar-refractivity contribution < 1.29 is 16.0 Å². The van der Waals surface area contributed by atoms with Crippen LogP contribution in [0.4, 0.5) is 0 Å². The number of methoxy groups -OCH3 is 1. The molecule has 0 saturated carbocycles. The molecule has 0 rings (SSSR count). The number of hydrogen-bond acceptors (Lipinski definition) is 3. The molecule has 0 fully saturated rings. The molecular weight excluding hydrogens is 276 g/mol. The second-order valence-corrected chi connectivity index (χ2v) is 5.24. The van der Waals surface area contributed by atoms with E-state index in [9.17, 15) is 9.90 Å². The minimum atomic E-state index is -0.613. The zero-order valence-electron chi connectivity index (χ0n) is 15.0. The van der Waals surface area contributed by atoms with Crippen LogP contribution >= 0.6 is 0 Å². The summed E-state index contributed by atoms with van der Waals surface area (Å²) >= 11 is 0. The lowest BCUT2D eigenvalue weighted by molar-refractivity contribution is -0.140. The van der Waals surface area contributed by atoms with Crippen LogP contribution < -0.4 is 0 Å². The third-order valence-electron chi connectivity index (χ3n) is 3.20. The topological polar surface area (TPSA) is 46.5 Å². The largest absolute Gasteiger partial charge is 0.469 e. The second kappa shape index (κ2) is 16.0. The van der Waals surface area contributed by atoms with Crippen molar-refractivity contribution in [3.05, 3.63) is 36.5 Å². The maximum absolute atomic E-state index is 10.9. The number of aliphatic hydroxyl groups is 1. The van der Waals surface area contributed by atoms with Crippen LogP contribution in [0.15, 0.2) is 36.5 Å². The summed E-state index contributed by atoms with van der Waals surface area (Å²) in [5, 5.41) is 9.75. The van der Waals surface area contributed by atoms with Crippen molar-refractivity contribution in [3.63, 3.8) is 0 Å². The SMILES string of the molecule is [2H][C@@H](/C=C\CCCCC(=O)OC)/C=C\[C@H](O)/C=C\CCCCC. The molecule has 0 aliphatic carbocycles. The highest BCUT2D eigenvalue weighted by Gasteiger charge is 1.97. The van der Waals surface area contributed by atoms with Crippen LogP contribution in [-0.2, 0) is 9.53 Å². The quantitative estimate of drug-likeness (QED) is 0.304. The number of hydrogen-bond donors (Lipinski definition) is 1. The molecule has 22 heavy (non-hydrogen) atoms. The van der Waals surface area contributed by atoms with E-state index < -0.39 is 12.5 Å². The number of rotatable bonds is 13. The van der Waals surface area contributed by atoms with Gasteiger partial charge in [0.1, 0.15) is 0 Å². The van der Waals surface area contributed by atoms with Gasteiger partial charge in [0, 0.05) is 7.79 Å². The van der Waals surface area contributed by atoms with Gasteiger partial charge in [-0.05, 0) is 38.5 Å². The molecule has 0 saturated heterocycles. The summed E-state index contributed by atoms with van der Waals surface area (Å²) in [6, 6.07) is 0. The van der Waals surface area contributed by atoms with Crippen molar-refractivity contribution in [1.29, 1.82) is 0 Å². The first-order valence-corrected chi connectivity index (χ1v) is 8.29. The van der Waals surface area contributed by atoms with Gasteiger partial charge in [-0.15, -0.1) is 0 Å². The Hall–Kier alpha value is -1.35. The van der Waals surface area contributed by atoms with Crippen molar-refractivity contribution in [2.24, 2.45) is 0 Å². The van der Waals surface area contributed by atoms with Gasteiger partial charge in [0.25, 0.3) is 0 Å². The molecule has 0 unspecified atom stereocenters. The molecule has 0 aromatic heterocycles. The van der Waals surface area contributed by atoms with Gasteiger partial charge in [-0.25, -0.2) is 0 Å². The predicted molar refractivity (Wildman–Crippen MR) is 92.7 cm³/mol. The first-order valence-electron chi connectivity index (χ1n) is 8.86. The molecular formula is C19H32O3. The summed E-state index contributed by atoms with van der Waals surface area (Å²) < 4.78 is 12.4. The number of unbranched alkanes of at least 4 members (excludes halogenated alkanes) is 5. The molecule has 0 bridgehead atoms. The molecule has 2 atom stereocenters. The summed E-state index contributed by atoms with van der Waals surface area (Å²) in [4.78, 5) is 10.9. The van der Waals surface area contributed by atoms with Crippen LogP contribution in [0, 0.1) is 0 Å². The molecule has 0 amide bonds. The van der Waals surface area contributed by atoms with E-state index in [-0.39, 0.29) is 5.97 Å². The van der Waals surface area contributed by atoms with Gasteiger partial charge in [-0.2, -0.15) is 0 Å². The fourth-order valence-corrected chi connectivity index (χ4v) is 1.86. The number of aliphatic hydroxyl groups excluding tert-OH is 1. The minimum Gasteiger partial charge on any atom is -0.469 e. The van der Waals surface area contributed by atoms with E-state index in [4.69, 9.17) is 1.37 Å². The minimum absolute atomic E-state index is 0.174. The van der Waals surface area contributed by atoms with Crippen LogP contribution in [0.2, 0.25) is 0 Å². The molecule has 0 heterocycles. The molecule has 0 aromatic rings. The van der Waals surface area contributed by atoms with E-state index in [0.29, 0.717) is 6.42 Å². The molecule has 126 valence electrons. The maximum Gasteiger partial charge on any atom is 0.305 e. The zero-order valence-corrected chi connectivity index (χ0v) is 14.0. The fraction of sp³-hybridized carbons (Fsp3) is 0.632. The third kappa shape index (κ3) is 15.0. The fourth-order valence-electron chi connectivity index (χ4n) is 1.86. The van der Waals surface area contributed by atoms with E-state index in [1.807, 2.05) is 12.2 Å². The summed E-state index contributed by atoms with van der Waals surface area (Å²) in [7, 11) is 1.40. The Kier molecular flexibility index (Phi) is 13.6. The van der Waals surface area contributed by atoms with Gasteiger partial charge in [-0.1, -0.05) is 56.2 Å². The van der Waals surface area contributed by atoms with Gasteiger partial charge in [-0.3, -0.25) is 4.79 Å². The molecule has 0 aliphatic rings. The Labute approximate surface area is 137 Å². The molecule has 3 nitrogen and oxygen atoms in total. The molecule has 0 aromatic carbocycles. The molecule has 0 aliphatic heterocycles. The molecule has 3 heteroatoms. The lowest BCUT2D eigenvalue weighted by Crippen LogP contribution is -1.98. The summed E-state index contributed by atoms with van der Waals surface area (Å²) in [6.45, 7) is 2.17. The number of allylic oxidation sites excluding steroid dienone is 4. The molecule has 1 N–H and O–H groups in total. The summed E-state index contributed by atoms with van der Waals surface area (Å²) in [6.07, 6.45) is 17.4. The summed E-state index contributed by atoms with van der Waals surface area (Å²) in [5.41, 5.74) is 0. The van der Waals surface area contributed by atoms with Crippen molar-refractivity contribution in [1.82, 2.24) is 0 Å².